The average molecular weight is 288 g/mol. The molecule has 0 atom stereocenters. The van der Waals surface area contributed by atoms with Crippen molar-refractivity contribution < 1.29 is 24.2 Å². The van der Waals surface area contributed by atoms with Crippen LogP contribution in [0.3, 0.4) is 0 Å². The van der Waals surface area contributed by atoms with Gasteiger partial charge in [0, 0.05) is 0 Å². The standard InChI is InChI=1S/C16H16O5/c1-3-20-15(18)11-6-5-10-9-14(17)13(8-12(10)7-11)16(19)21-4-2/h5-9,17H,3-4H2,1-2H3. The molecule has 2 aromatic rings. The largest absolute Gasteiger partial charge is 0.507 e. The third-order valence-corrected chi connectivity index (χ3v) is 2.96. The Balaban J connectivity index is 2.48. The van der Waals surface area contributed by atoms with Crippen molar-refractivity contribution in [2.45, 2.75) is 13.8 Å². The van der Waals surface area contributed by atoms with Crippen molar-refractivity contribution in [3.63, 3.8) is 0 Å². The van der Waals surface area contributed by atoms with Crippen molar-refractivity contribution in [1.82, 2.24) is 0 Å². The van der Waals surface area contributed by atoms with Crippen molar-refractivity contribution >= 4 is 22.7 Å². The zero-order chi connectivity index (χ0) is 15.4. The molecule has 0 spiro atoms. The normalized spacial score (nSPS) is 10.4. The second-order valence-electron chi connectivity index (χ2n) is 4.37. The van der Waals surface area contributed by atoms with Crippen molar-refractivity contribution in [2.75, 3.05) is 13.2 Å². The molecule has 0 aromatic heterocycles. The van der Waals surface area contributed by atoms with E-state index in [1.807, 2.05) is 0 Å². The van der Waals surface area contributed by atoms with E-state index in [-0.39, 0.29) is 17.9 Å². The van der Waals surface area contributed by atoms with E-state index in [1.165, 1.54) is 12.1 Å². The Hall–Kier alpha value is -2.56. The number of aromatic hydroxyl groups is 1. The van der Waals surface area contributed by atoms with Gasteiger partial charge in [-0.2, -0.15) is 0 Å². The van der Waals surface area contributed by atoms with Gasteiger partial charge in [0.25, 0.3) is 0 Å². The Morgan fingerprint density at radius 2 is 1.62 bits per heavy atom. The third-order valence-electron chi connectivity index (χ3n) is 2.96. The molecule has 0 fully saturated rings. The maximum absolute atomic E-state index is 11.8. The molecule has 0 radical (unpaired) electrons. The number of esters is 2. The van der Waals surface area contributed by atoms with Crippen molar-refractivity contribution in [1.29, 1.82) is 0 Å². The van der Waals surface area contributed by atoms with E-state index < -0.39 is 11.9 Å². The fraction of sp³-hybridized carbons (Fsp3) is 0.250. The lowest BCUT2D eigenvalue weighted by molar-refractivity contribution is 0.0515. The maximum atomic E-state index is 11.8. The molecule has 5 nitrogen and oxygen atoms in total. The molecule has 0 bridgehead atoms. The molecular weight excluding hydrogens is 272 g/mol. The Labute approximate surface area is 122 Å². The van der Waals surface area contributed by atoms with Gasteiger partial charge in [-0.1, -0.05) is 6.07 Å². The van der Waals surface area contributed by atoms with Crippen LogP contribution in [0.5, 0.6) is 5.75 Å². The second-order valence-corrected chi connectivity index (χ2v) is 4.37. The molecule has 110 valence electrons. The van der Waals surface area contributed by atoms with Gasteiger partial charge in [0.2, 0.25) is 0 Å². The molecule has 0 unspecified atom stereocenters. The molecule has 0 heterocycles. The number of ether oxygens (including phenoxy) is 2. The minimum atomic E-state index is -0.599. The minimum Gasteiger partial charge on any atom is -0.507 e. The van der Waals surface area contributed by atoms with Crippen molar-refractivity contribution in [2.24, 2.45) is 0 Å². The van der Waals surface area contributed by atoms with Crippen molar-refractivity contribution in [3.8, 4) is 5.75 Å². The summed E-state index contributed by atoms with van der Waals surface area (Å²) in [4.78, 5) is 23.5. The first kappa shape index (κ1) is 14.8. The summed E-state index contributed by atoms with van der Waals surface area (Å²) in [5.41, 5.74) is 0.468. The molecule has 0 aliphatic rings. The Bertz CT molecular complexity index is 690. The van der Waals surface area contributed by atoms with Gasteiger partial charge in [-0.15, -0.1) is 0 Å². The molecule has 0 saturated carbocycles. The summed E-state index contributed by atoms with van der Waals surface area (Å²) in [6, 6.07) is 7.90. The lowest BCUT2D eigenvalue weighted by atomic mass is 10.0. The molecule has 0 aliphatic carbocycles. The molecule has 21 heavy (non-hydrogen) atoms. The van der Waals surface area contributed by atoms with Gasteiger partial charge in [0.1, 0.15) is 11.3 Å². The fourth-order valence-corrected chi connectivity index (χ4v) is 2.00. The first-order valence-corrected chi connectivity index (χ1v) is 6.67. The number of phenolic OH excluding ortho intramolecular Hbond substituents is 1. The quantitative estimate of drug-likeness (QED) is 0.876. The van der Waals surface area contributed by atoms with Crippen LogP contribution in [-0.2, 0) is 9.47 Å². The number of benzene rings is 2. The summed E-state index contributed by atoms with van der Waals surface area (Å²) in [5, 5.41) is 11.2. The number of hydrogen-bond donors (Lipinski definition) is 1. The van der Waals surface area contributed by atoms with Gasteiger partial charge < -0.3 is 14.6 Å². The van der Waals surface area contributed by atoms with Crippen LogP contribution in [0, 0.1) is 0 Å². The van der Waals surface area contributed by atoms with Gasteiger partial charge in [0.05, 0.1) is 18.8 Å². The highest BCUT2D eigenvalue weighted by Gasteiger charge is 2.14. The van der Waals surface area contributed by atoms with Crippen LogP contribution < -0.4 is 0 Å². The van der Waals surface area contributed by atoms with Crippen LogP contribution in [0.2, 0.25) is 0 Å². The molecule has 1 N–H and O–H groups in total. The first-order valence-electron chi connectivity index (χ1n) is 6.67. The van der Waals surface area contributed by atoms with Crippen LogP contribution in [0.25, 0.3) is 10.8 Å². The third kappa shape index (κ3) is 3.13. The number of phenols is 1. The second kappa shape index (κ2) is 6.26. The maximum Gasteiger partial charge on any atom is 0.341 e. The highest BCUT2D eigenvalue weighted by molar-refractivity contribution is 6.01. The molecule has 2 aromatic carbocycles. The topological polar surface area (TPSA) is 72.8 Å². The van der Waals surface area contributed by atoms with Crippen LogP contribution in [0.4, 0.5) is 0 Å². The van der Waals surface area contributed by atoms with Gasteiger partial charge in [-0.3, -0.25) is 0 Å². The number of fused-ring (bicyclic) bond motifs is 1. The van der Waals surface area contributed by atoms with E-state index in [1.54, 1.807) is 32.0 Å². The van der Waals surface area contributed by atoms with Gasteiger partial charge >= 0.3 is 11.9 Å². The minimum absolute atomic E-state index is 0.0744. The predicted octanol–water partition coefficient (Wildman–Crippen LogP) is 2.90. The Morgan fingerprint density at radius 3 is 2.29 bits per heavy atom. The van der Waals surface area contributed by atoms with Crippen LogP contribution in [0.15, 0.2) is 30.3 Å². The van der Waals surface area contributed by atoms with Gasteiger partial charge in [0.15, 0.2) is 0 Å². The average Bonchev–Trinajstić information content (AvgIpc) is 2.46. The number of hydrogen-bond acceptors (Lipinski definition) is 5. The van der Waals surface area contributed by atoms with E-state index in [0.717, 1.165) is 0 Å². The summed E-state index contributed by atoms with van der Waals surface area (Å²) >= 11 is 0. The smallest absolute Gasteiger partial charge is 0.341 e. The first-order chi connectivity index (χ1) is 10.1. The van der Waals surface area contributed by atoms with E-state index in [0.29, 0.717) is 22.9 Å². The lowest BCUT2D eigenvalue weighted by Crippen LogP contribution is -2.06. The van der Waals surface area contributed by atoms with Gasteiger partial charge in [-0.05, 0) is 48.9 Å². The zero-order valence-electron chi connectivity index (χ0n) is 11.9. The van der Waals surface area contributed by atoms with Crippen LogP contribution in [0.1, 0.15) is 34.6 Å². The molecule has 2 rings (SSSR count). The Kier molecular flexibility index (Phi) is 4.42. The van der Waals surface area contributed by atoms with Crippen molar-refractivity contribution in [3.05, 3.63) is 41.5 Å². The predicted molar refractivity (Wildman–Crippen MR) is 77.5 cm³/mol. The summed E-state index contributed by atoms with van der Waals surface area (Å²) in [7, 11) is 0. The molecular formula is C16H16O5. The SMILES string of the molecule is CCOC(=O)c1ccc2cc(O)c(C(=O)OCC)cc2c1. The van der Waals surface area contributed by atoms with E-state index in [9.17, 15) is 14.7 Å². The highest BCUT2D eigenvalue weighted by atomic mass is 16.5. The van der Waals surface area contributed by atoms with Gasteiger partial charge in [-0.25, -0.2) is 9.59 Å². The number of rotatable bonds is 4. The Morgan fingerprint density at radius 1 is 0.952 bits per heavy atom. The molecule has 0 amide bonds. The van der Waals surface area contributed by atoms with E-state index in [2.05, 4.69) is 0 Å². The summed E-state index contributed by atoms with van der Waals surface area (Å²) in [5.74, 6) is -1.17. The zero-order valence-corrected chi connectivity index (χ0v) is 11.9. The summed E-state index contributed by atoms with van der Waals surface area (Å²) in [6.07, 6.45) is 0. The number of carbonyl (C=O) groups is 2. The van der Waals surface area contributed by atoms with E-state index in [4.69, 9.17) is 9.47 Å². The fourth-order valence-electron chi connectivity index (χ4n) is 2.00. The molecule has 0 saturated heterocycles. The summed E-state index contributed by atoms with van der Waals surface area (Å²) < 4.78 is 9.82. The molecule has 5 heteroatoms. The highest BCUT2D eigenvalue weighted by Crippen LogP contribution is 2.26. The number of carbonyl (C=O) groups excluding carboxylic acids is 2. The lowest BCUT2D eigenvalue weighted by Gasteiger charge is -2.08. The van der Waals surface area contributed by atoms with E-state index >= 15 is 0 Å². The van der Waals surface area contributed by atoms with Crippen LogP contribution in [-0.4, -0.2) is 30.3 Å². The monoisotopic (exact) mass is 288 g/mol. The van der Waals surface area contributed by atoms with Crippen LogP contribution >= 0.6 is 0 Å². The molecule has 0 aliphatic heterocycles. The summed E-state index contributed by atoms with van der Waals surface area (Å²) in [6.45, 7) is 3.93.